The van der Waals surface area contributed by atoms with Crippen molar-refractivity contribution in [1.29, 1.82) is 0 Å². The molecule has 2 aromatic heterocycles. The Morgan fingerprint density at radius 1 is 1.28 bits per heavy atom. The number of benzene rings is 1. The Labute approximate surface area is 146 Å². The van der Waals surface area contributed by atoms with Crippen molar-refractivity contribution in [2.24, 2.45) is 14.1 Å². The Bertz CT molecular complexity index is 1040. The number of nitrogens with zero attached hydrogens (tertiary/aromatic N) is 4. The van der Waals surface area contributed by atoms with Crippen molar-refractivity contribution in [3.63, 3.8) is 0 Å². The van der Waals surface area contributed by atoms with Crippen LogP contribution in [0.3, 0.4) is 0 Å². The standard InChI is InChI=1S/C16H16N4O4S/c1-4-13-17-18-15(24-13)25-12(14(21)22)8-9-5-6-10-11(7-9)20(3)16(23)19(10)2/h5-8H,4H2,1-3H3,(H,21,22)/b12-8-. The van der Waals surface area contributed by atoms with Crippen LogP contribution >= 0.6 is 11.8 Å². The van der Waals surface area contributed by atoms with Crippen LogP contribution in [-0.4, -0.2) is 30.4 Å². The van der Waals surface area contributed by atoms with Gasteiger partial charge in [-0.15, -0.1) is 10.2 Å². The van der Waals surface area contributed by atoms with Crippen molar-refractivity contribution >= 4 is 34.8 Å². The minimum atomic E-state index is -1.09. The van der Waals surface area contributed by atoms with E-state index in [2.05, 4.69) is 10.2 Å². The van der Waals surface area contributed by atoms with Crippen LogP contribution in [0.4, 0.5) is 0 Å². The lowest BCUT2D eigenvalue weighted by Crippen LogP contribution is -2.19. The summed E-state index contributed by atoms with van der Waals surface area (Å²) in [5, 5.41) is 17.3. The molecule has 0 aliphatic heterocycles. The van der Waals surface area contributed by atoms with Gasteiger partial charge in [0, 0.05) is 20.5 Å². The van der Waals surface area contributed by atoms with Crippen molar-refractivity contribution in [3.8, 4) is 0 Å². The van der Waals surface area contributed by atoms with Gasteiger partial charge in [-0.2, -0.15) is 0 Å². The van der Waals surface area contributed by atoms with E-state index in [1.165, 1.54) is 10.6 Å². The molecule has 0 spiro atoms. The summed E-state index contributed by atoms with van der Waals surface area (Å²) in [6.45, 7) is 1.87. The van der Waals surface area contributed by atoms with Gasteiger partial charge in [-0.3, -0.25) is 9.13 Å². The molecule has 0 amide bonds. The lowest BCUT2D eigenvalue weighted by Gasteiger charge is -2.01. The Morgan fingerprint density at radius 3 is 2.64 bits per heavy atom. The molecule has 0 aliphatic carbocycles. The number of carboxylic acid groups (broad SMARTS) is 1. The monoisotopic (exact) mass is 360 g/mol. The third kappa shape index (κ3) is 3.22. The smallest absolute Gasteiger partial charge is 0.342 e. The molecule has 3 rings (SSSR count). The number of imidazole rings is 1. The first kappa shape index (κ1) is 17.0. The van der Waals surface area contributed by atoms with E-state index in [0.717, 1.165) is 22.8 Å². The number of carbonyl (C=O) groups is 1. The first-order valence-electron chi connectivity index (χ1n) is 7.51. The summed E-state index contributed by atoms with van der Waals surface area (Å²) >= 11 is 0.893. The highest BCUT2D eigenvalue weighted by Crippen LogP contribution is 2.28. The van der Waals surface area contributed by atoms with Gasteiger partial charge in [-0.1, -0.05) is 13.0 Å². The quantitative estimate of drug-likeness (QED) is 0.548. The second-order valence-corrected chi connectivity index (χ2v) is 6.37. The predicted molar refractivity (Wildman–Crippen MR) is 93.3 cm³/mol. The maximum absolute atomic E-state index is 12.0. The van der Waals surface area contributed by atoms with Crippen molar-refractivity contribution in [2.45, 2.75) is 18.6 Å². The second kappa shape index (κ2) is 6.60. The van der Waals surface area contributed by atoms with Crippen molar-refractivity contribution < 1.29 is 14.3 Å². The van der Waals surface area contributed by atoms with E-state index in [0.29, 0.717) is 17.9 Å². The van der Waals surface area contributed by atoms with Gasteiger partial charge < -0.3 is 9.52 Å². The molecule has 0 aliphatic rings. The van der Waals surface area contributed by atoms with Gasteiger partial charge >= 0.3 is 11.7 Å². The van der Waals surface area contributed by atoms with Gasteiger partial charge in [0.05, 0.1) is 11.0 Å². The molecule has 130 valence electrons. The first-order chi connectivity index (χ1) is 11.9. The van der Waals surface area contributed by atoms with E-state index in [4.69, 9.17) is 4.42 Å². The van der Waals surface area contributed by atoms with Crippen molar-refractivity contribution in [1.82, 2.24) is 19.3 Å². The molecule has 0 bridgehead atoms. The summed E-state index contributed by atoms with van der Waals surface area (Å²) in [6, 6.07) is 5.32. The molecular weight excluding hydrogens is 344 g/mol. The highest BCUT2D eigenvalue weighted by molar-refractivity contribution is 8.03. The minimum Gasteiger partial charge on any atom is -0.477 e. The van der Waals surface area contributed by atoms with Gasteiger partial charge in [0.15, 0.2) is 0 Å². The SMILES string of the molecule is CCc1nnc(S/C(=C\c2ccc3c(c2)n(C)c(=O)n3C)C(=O)O)o1. The van der Waals surface area contributed by atoms with Crippen LogP contribution in [-0.2, 0) is 25.3 Å². The normalized spacial score (nSPS) is 12.0. The van der Waals surface area contributed by atoms with Crippen LogP contribution in [0.25, 0.3) is 17.1 Å². The fraction of sp³-hybridized carbons (Fsp3) is 0.250. The van der Waals surface area contributed by atoms with E-state index < -0.39 is 5.97 Å². The Morgan fingerprint density at radius 2 is 2.00 bits per heavy atom. The van der Waals surface area contributed by atoms with Crippen LogP contribution in [0.5, 0.6) is 0 Å². The minimum absolute atomic E-state index is 0.0478. The zero-order chi connectivity index (χ0) is 18.1. The number of fused-ring (bicyclic) bond motifs is 1. The molecule has 1 N–H and O–H groups in total. The molecule has 8 nitrogen and oxygen atoms in total. The lowest BCUT2D eigenvalue weighted by molar-refractivity contribution is -0.131. The number of hydrogen-bond donors (Lipinski definition) is 1. The number of carboxylic acids is 1. The number of aromatic nitrogens is 4. The van der Waals surface area contributed by atoms with Gasteiger partial charge in [-0.25, -0.2) is 9.59 Å². The molecule has 0 atom stereocenters. The van der Waals surface area contributed by atoms with Crippen LogP contribution in [0.15, 0.2) is 37.5 Å². The first-order valence-corrected chi connectivity index (χ1v) is 8.33. The van der Waals surface area contributed by atoms with E-state index in [1.54, 1.807) is 36.9 Å². The van der Waals surface area contributed by atoms with E-state index in [1.807, 2.05) is 6.92 Å². The summed E-state index contributed by atoms with van der Waals surface area (Å²) in [5.41, 5.74) is 2.02. The molecule has 0 fully saturated rings. The summed E-state index contributed by atoms with van der Waals surface area (Å²) in [7, 11) is 3.37. The van der Waals surface area contributed by atoms with Crippen LogP contribution in [0, 0.1) is 0 Å². The Balaban J connectivity index is 2.00. The van der Waals surface area contributed by atoms with Crippen molar-refractivity contribution in [3.05, 3.63) is 45.0 Å². The maximum atomic E-state index is 12.0. The number of aliphatic carboxylic acids is 1. The number of rotatable bonds is 5. The molecule has 0 saturated carbocycles. The Hall–Kier alpha value is -2.81. The highest BCUT2D eigenvalue weighted by atomic mass is 32.2. The molecule has 25 heavy (non-hydrogen) atoms. The van der Waals surface area contributed by atoms with Gasteiger partial charge in [0.1, 0.15) is 4.91 Å². The second-order valence-electron chi connectivity index (χ2n) is 5.38. The molecule has 0 unspecified atom stereocenters. The highest BCUT2D eigenvalue weighted by Gasteiger charge is 2.15. The average molecular weight is 360 g/mol. The summed E-state index contributed by atoms with van der Waals surface area (Å²) in [4.78, 5) is 23.6. The summed E-state index contributed by atoms with van der Waals surface area (Å²) in [5.74, 6) is -0.642. The predicted octanol–water partition coefficient (Wildman–Crippen LogP) is 2.04. The average Bonchev–Trinajstić information content (AvgIpc) is 3.14. The molecule has 1 aromatic carbocycles. The number of aryl methyl sites for hydroxylation is 3. The molecule has 9 heteroatoms. The fourth-order valence-electron chi connectivity index (χ4n) is 2.42. The van der Waals surface area contributed by atoms with Crippen LogP contribution in [0.2, 0.25) is 0 Å². The number of thioether (sulfide) groups is 1. The zero-order valence-electron chi connectivity index (χ0n) is 13.9. The fourth-order valence-corrected chi connectivity index (χ4v) is 3.11. The Kier molecular flexibility index (Phi) is 4.49. The van der Waals surface area contributed by atoms with Crippen LogP contribution in [0.1, 0.15) is 18.4 Å². The molecule has 0 radical (unpaired) electrons. The summed E-state index contributed by atoms with van der Waals surface area (Å²) < 4.78 is 8.41. The van der Waals surface area contributed by atoms with E-state index in [-0.39, 0.29) is 15.8 Å². The van der Waals surface area contributed by atoms with E-state index in [9.17, 15) is 14.7 Å². The van der Waals surface area contributed by atoms with Crippen LogP contribution < -0.4 is 5.69 Å². The third-order valence-corrected chi connectivity index (χ3v) is 4.60. The maximum Gasteiger partial charge on any atom is 0.342 e. The number of hydrogen-bond acceptors (Lipinski definition) is 6. The molecular formula is C16H16N4O4S. The molecule has 3 aromatic rings. The molecule has 0 saturated heterocycles. The molecule has 2 heterocycles. The largest absolute Gasteiger partial charge is 0.477 e. The zero-order valence-corrected chi connectivity index (χ0v) is 14.7. The summed E-state index contributed by atoms with van der Waals surface area (Å²) in [6.07, 6.45) is 2.10. The van der Waals surface area contributed by atoms with E-state index >= 15 is 0 Å². The van der Waals surface area contributed by atoms with Crippen molar-refractivity contribution in [2.75, 3.05) is 0 Å². The van der Waals surface area contributed by atoms with Gasteiger partial charge in [0.2, 0.25) is 5.89 Å². The van der Waals surface area contributed by atoms with Gasteiger partial charge in [-0.05, 0) is 35.5 Å². The topological polar surface area (TPSA) is 103 Å². The lowest BCUT2D eigenvalue weighted by atomic mass is 10.2. The van der Waals surface area contributed by atoms with Gasteiger partial charge in [0.25, 0.3) is 5.22 Å². The third-order valence-electron chi connectivity index (χ3n) is 3.75.